The van der Waals surface area contributed by atoms with Crippen LogP contribution < -0.4 is 10.0 Å². The lowest BCUT2D eigenvalue weighted by atomic mass is 9.94. The molecule has 0 aromatic heterocycles. The van der Waals surface area contributed by atoms with Gasteiger partial charge in [-0.1, -0.05) is 54.6 Å². The Morgan fingerprint density at radius 2 is 1.93 bits per heavy atom. The smallest absolute Gasteiger partial charge is 0.408 e. The van der Waals surface area contributed by atoms with Gasteiger partial charge in [-0.25, -0.2) is 9.18 Å². The van der Waals surface area contributed by atoms with Crippen LogP contribution in [0.25, 0.3) is 0 Å². The lowest BCUT2D eigenvalue weighted by Crippen LogP contribution is -2.51. The maximum atomic E-state index is 14.4. The minimum absolute atomic E-state index is 0.0395. The highest BCUT2D eigenvalue weighted by Gasteiger charge is 2.37. The number of carbonyl (C=O) groups excluding carboxylic acids is 1. The normalized spacial score (nSPS) is 14.0. The zero-order valence-electron chi connectivity index (χ0n) is 15.1. The Kier molecular flexibility index (Phi) is 7.84. The molecule has 2 N–H and O–H groups in total. The van der Waals surface area contributed by atoms with Crippen LogP contribution in [0.3, 0.4) is 0 Å². The first-order valence-corrected chi connectivity index (χ1v) is 9.73. The molecule has 0 spiro atoms. The molecule has 1 amide bonds. The fourth-order valence-corrected chi connectivity index (χ4v) is 3.70. The largest absolute Gasteiger partial charge is 0.598 e. The molecule has 144 valence electrons. The highest BCUT2D eigenvalue weighted by molar-refractivity contribution is 7.89. The predicted octanol–water partition coefficient (Wildman–Crippen LogP) is 3.41. The maximum absolute atomic E-state index is 14.4. The Bertz CT molecular complexity index is 760. The highest BCUT2D eigenvalue weighted by atomic mass is 32.2. The van der Waals surface area contributed by atoms with Crippen molar-refractivity contribution in [3.05, 3.63) is 84.2 Å². The molecule has 2 aromatic carbocycles. The summed E-state index contributed by atoms with van der Waals surface area (Å²) in [6.07, 6.45) is 0.852. The van der Waals surface area contributed by atoms with Crippen molar-refractivity contribution in [1.82, 2.24) is 10.0 Å². The second-order valence-electron chi connectivity index (χ2n) is 6.13. The minimum Gasteiger partial charge on any atom is -0.598 e. The SMILES string of the molecule is C=CCN[S+]([O-])CC(C)(NC(=O)OCc1ccccc1)c1ccccc1F. The van der Waals surface area contributed by atoms with Crippen LogP contribution in [0.2, 0.25) is 0 Å². The predicted molar refractivity (Wildman–Crippen MR) is 105 cm³/mol. The van der Waals surface area contributed by atoms with E-state index in [0.29, 0.717) is 6.54 Å². The van der Waals surface area contributed by atoms with Crippen molar-refractivity contribution in [2.75, 3.05) is 12.3 Å². The van der Waals surface area contributed by atoms with E-state index >= 15 is 0 Å². The average molecular weight is 390 g/mol. The molecular formula is C20H23FN2O3S. The molecule has 0 saturated heterocycles. The summed E-state index contributed by atoms with van der Waals surface area (Å²) >= 11 is -1.51. The topological polar surface area (TPSA) is 73.4 Å². The van der Waals surface area contributed by atoms with Gasteiger partial charge in [0.25, 0.3) is 0 Å². The van der Waals surface area contributed by atoms with Gasteiger partial charge in [0.2, 0.25) is 0 Å². The highest BCUT2D eigenvalue weighted by Crippen LogP contribution is 2.25. The van der Waals surface area contributed by atoms with Gasteiger partial charge in [-0.2, -0.15) is 0 Å². The molecule has 2 unspecified atom stereocenters. The Balaban J connectivity index is 2.12. The number of ether oxygens (including phenoxy) is 1. The van der Waals surface area contributed by atoms with Gasteiger partial charge in [0, 0.05) is 16.9 Å². The zero-order chi connectivity index (χ0) is 19.7. The van der Waals surface area contributed by atoms with Crippen LogP contribution in [0.4, 0.5) is 9.18 Å². The molecule has 0 aliphatic carbocycles. The van der Waals surface area contributed by atoms with Crippen molar-refractivity contribution in [3.63, 3.8) is 0 Å². The molecule has 0 heterocycles. The molecule has 2 aromatic rings. The molecule has 0 fully saturated rings. The molecule has 2 atom stereocenters. The summed E-state index contributed by atoms with van der Waals surface area (Å²) in [5.74, 6) is -0.536. The van der Waals surface area contributed by atoms with Gasteiger partial charge in [0.15, 0.2) is 5.75 Å². The van der Waals surface area contributed by atoms with Gasteiger partial charge in [-0.15, -0.1) is 11.3 Å². The number of hydrogen-bond acceptors (Lipinski definition) is 4. The molecule has 2 rings (SSSR count). The van der Waals surface area contributed by atoms with Gasteiger partial charge in [0.05, 0.1) is 6.54 Å². The molecular weight excluding hydrogens is 367 g/mol. The average Bonchev–Trinajstić information content (AvgIpc) is 2.65. The number of nitrogens with one attached hydrogen (secondary N) is 2. The Morgan fingerprint density at radius 1 is 1.26 bits per heavy atom. The van der Waals surface area contributed by atoms with Crippen LogP contribution in [-0.4, -0.2) is 22.9 Å². The van der Waals surface area contributed by atoms with E-state index in [1.165, 1.54) is 6.07 Å². The van der Waals surface area contributed by atoms with Gasteiger partial charge >= 0.3 is 6.09 Å². The second kappa shape index (κ2) is 10.1. The summed E-state index contributed by atoms with van der Waals surface area (Å²) in [5.41, 5.74) is -0.162. The third-order valence-corrected chi connectivity index (χ3v) is 5.20. The fourth-order valence-electron chi connectivity index (χ4n) is 2.54. The first-order chi connectivity index (χ1) is 12.9. The van der Waals surface area contributed by atoms with E-state index in [1.54, 1.807) is 31.2 Å². The summed E-state index contributed by atoms with van der Waals surface area (Å²) in [5, 5.41) is 2.67. The molecule has 0 saturated carbocycles. The van der Waals surface area contributed by atoms with Crippen molar-refractivity contribution in [1.29, 1.82) is 0 Å². The van der Waals surface area contributed by atoms with Crippen molar-refractivity contribution in [2.45, 2.75) is 19.1 Å². The quantitative estimate of drug-likeness (QED) is 0.508. The number of carbonyl (C=O) groups is 1. The number of hydrogen-bond donors (Lipinski definition) is 2. The summed E-state index contributed by atoms with van der Waals surface area (Å²) in [7, 11) is 0. The first kappa shape index (κ1) is 21.0. The number of rotatable bonds is 9. The van der Waals surface area contributed by atoms with Crippen LogP contribution in [0.1, 0.15) is 18.1 Å². The molecule has 5 nitrogen and oxygen atoms in total. The number of halogens is 1. The number of alkyl carbamates (subject to hydrolysis) is 1. The standard InChI is InChI=1S/C20H23FN2O3S/c1-3-13-22-27(25)15-20(2,17-11-7-8-12-18(17)21)23-19(24)26-14-16-9-5-4-6-10-16/h3-12,22H,1,13-15H2,2H3,(H,23,24). The summed E-state index contributed by atoms with van der Waals surface area (Å²) < 4.78 is 34.6. The van der Waals surface area contributed by atoms with E-state index < -0.39 is 28.8 Å². The Morgan fingerprint density at radius 3 is 2.59 bits per heavy atom. The number of benzene rings is 2. The monoisotopic (exact) mass is 390 g/mol. The lowest BCUT2D eigenvalue weighted by Gasteiger charge is -2.31. The minimum atomic E-state index is -1.51. The van der Waals surface area contributed by atoms with E-state index in [2.05, 4.69) is 16.6 Å². The van der Waals surface area contributed by atoms with E-state index in [0.717, 1.165) is 5.56 Å². The second-order valence-corrected chi connectivity index (χ2v) is 7.39. The zero-order valence-corrected chi connectivity index (χ0v) is 15.9. The van der Waals surface area contributed by atoms with E-state index in [-0.39, 0.29) is 17.9 Å². The van der Waals surface area contributed by atoms with E-state index in [9.17, 15) is 13.7 Å². The van der Waals surface area contributed by atoms with Crippen LogP contribution in [0.15, 0.2) is 67.3 Å². The first-order valence-electron chi connectivity index (χ1n) is 8.41. The van der Waals surface area contributed by atoms with Crippen molar-refractivity contribution < 1.29 is 18.5 Å². The van der Waals surface area contributed by atoms with Gasteiger partial charge in [-0.05, 0) is 18.6 Å². The molecule has 0 radical (unpaired) electrons. The Hall–Kier alpha value is -2.35. The van der Waals surface area contributed by atoms with Gasteiger partial charge in [-0.3, -0.25) is 0 Å². The summed E-state index contributed by atoms with van der Waals surface area (Å²) in [6, 6.07) is 15.3. The van der Waals surface area contributed by atoms with Gasteiger partial charge in [0.1, 0.15) is 18.0 Å². The van der Waals surface area contributed by atoms with Crippen LogP contribution in [0.5, 0.6) is 0 Å². The third-order valence-electron chi connectivity index (χ3n) is 3.87. The van der Waals surface area contributed by atoms with E-state index in [4.69, 9.17) is 4.74 Å². The molecule has 0 bridgehead atoms. The molecule has 7 heteroatoms. The molecule has 0 aliphatic heterocycles. The third kappa shape index (κ3) is 6.39. The van der Waals surface area contributed by atoms with Gasteiger partial charge < -0.3 is 14.6 Å². The van der Waals surface area contributed by atoms with Crippen molar-refractivity contribution >= 4 is 17.5 Å². The fraction of sp³-hybridized carbons (Fsp3) is 0.250. The van der Waals surface area contributed by atoms with Crippen LogP contribution in [0, 0.1) is 5.82 Å². The summed E-state index contributed by atoms with van der Waals surface area (Å²) in [6.45, 7) is 5.58. The van der Waals surface area contributed by atoms with Crippen molar-refractivity contribution in [2.24, 2.45) is 0 Å². The maximum Gasteiger partial charge on any atom is 0.408 e. The lowest BCUT2D eigenvalue weighted by molar-refractivity contribution is 0.129. The van der Waals surface area contributed by atoms with E-state index in [1.807, 2.05) is 30.3 Å². The van der Waals surface area contributed by atoms with Crippen LogP contribution in [-0.2, 0) is 28.2 Å². The Labute approximate surface area is 161 Å². The number of amides is 1. The summed E-state index contributed by atoms with van der Waals surface area (Å²) in [4.78, 5) is 12.3. The molecule has 0 aliphatic rings. The van der Waals surface area contributed by atoms with Crippen molar-refractivity contribution in [3.8, 4) is 0 Å². The molecule has 27 heavy (non-hydrogen) atoms. The van der Waals surface area contributed by atoms with Crippen LogP contribution >= 0.6 is 0 Å².